The summed E-state index contributed by atoms with van der Waals surface area (Å²) in [5, 5.41) is 0.675. The summed E-state index contributed by atoms with van der Waals surface area (Å²) in [4.78, 5) is -3.78. The van der Waals surface area contributed by atoms with Crippen molar-refractivity contribution in [3.8, 4) is 0 Å². The van der Waals surface area contributed by atoms with Gasteiger partial charge in [-0.2, -0.15) is 0 Å². The largest absolute Gasteiger partial charge is 0.208 e. The molecule has 0 saturated carbocycles. The lowest BCUT2D eigenvalue weighted by Gasteiger charge is -2.58. The molecule has 0 rings (SSSR count). The van der Waals surface area contributed by atoms with Gasteiger partial charge in [-0.15, -0.1) is 76.5 Å². The lowest BCUT2D eigenvalue weighted by Crippen LogP contribution is -2.74. The molecule has 0 spiro atoms. The number of hydrogen-bond donors (Lipinski definition) is 0. The van der Waals surface area contributed by atoms with Crippen molar-refractivity contribution in [3.63, 3.8) is 0 Å². The zero-order valence-corrected chi connectivity index (χ0v) is 24.8. The van der Waals surface area contributed by atoms with E-state index in [2.05, 4.69) is 139 Å². The first-order valence-corrected chi connectivity index (χ1v) is 26.0. The van der Waals surface area contributed by atoms with E-state index >= 15 is 0 Å². The maximum absolute atomic E-state index is 4.40. The Morgan fingerprint density at radius 3 is 0.750 bits per heavy atom. The molecule has 0 aromatic carbocycles. The minimum absolute atomic E-state index is 0.223. The standard InChI is InChI=1S/C12H27Br5Si3/c1-10(2,3)18(13,14)20(17,12(7,8)9)19(15,16)11(4,5)6/h1-9H3. The molecule has 0 fully saturated rings. The molecule has 0 radical (unpaired) electrons. The average molecular weight is 655 g/mol. The van der Waals surface area contributed by atoms with Gasteiger partial charge in [0.15, 0.2) is 5.73 Å². The van der Waals surface area contributed by atoms with Crippen LogP contribution in [0.15, 0.2) is 0 Å². The van der Waals surface area contributed by atoms with Crippen molar-refractivity contribution in [1.29, 1.82) is 0 Å². The Balaban J connectivity index is 6.50. The van der Waals surface area contributed by atoms with Crippen molar-refractivity contribution >= 4 is 91.9 Å². The Morgan fingerprint density at radius 1 is 0.450 bits per heavy atom. The van der Waals surface area contributed by atoms with Crippen LogP contribution in [0.25, 0.3) is 0 Å². The summed E-state index contributed by atoms with van der Waals surface area (Å²) in [6, 6.07) is 0. The van der Waals surface area contributed by atoms with Gasteiger partial charge in [0.1, 0.15) is 0 Å². The molecular weight excluding hydrogens is 628 g/mol. The smallest absolute Gasteiger partial charge is 0.128 e. The monoisotopic (exact) mass is 650 g/mol. The molecule has 0 bridgehead atoms. The Labute approximate surface area is 167 Å². The fourth-order valence-electron chi connectivity index (χ4n) is 2.17. The maximum atomic E-state index is 4.40. The van der Waals surface area contributed by atoms with Gasteiger partial charge in [0.2, 0.25) is 9.66 Å². The van der Waals surface area contributed by atoms with Crippen molar-refractivity contribution in [3.05, 3.63) is 0 Å². The first-order valence-electron chi connectivity index (χ1n) is 6.69. The van der Waals surface area contributed by atoms with Crippen LogP contribution in [0.1, 0.15) is 62.3 Å². The van der Waals surface area contributed by atoms with E-state index in [1.54, 1.807) is 0 Å². The van der Waals surface area contributed by atoms with Gasteiger partial charge < -0.3 is 0 Å². The van der Waals surface area contributed by atoms with E-state index in [4.69, 9.17) is 0 Å². The van der Waals surface area contributed by atoms with Crippen molar-refractivity contribution in [2.75, 3.05) is 0 Å². The van der Waals surface area contributed by atoms with Crippen LogP contribution in [-0.2, 0) is 0 Å². The summed E-state index contributed by atoms with van der Waals surface area (Å²) >= 11 is 21.3. The third kappa shape index (κ3) is 3.67. The number of rotatable bonds is 2. The Kier molecular flexibility index (Phi) is 7.38. The van der Waals surface area contributed by atoms with Gasteiger partial charge in [-0.1, -0.05) is 62.3 Å². The summed E-state index contributed by atoms with van der Waals surface area (Å²) < 4.78 is 0. The zero-order chi connectivity index (χ0) is 17.0. The van der Waals surface area contributed by atoms with Crippen molar-refractivity contribution in [2.45, 2.75) is 77.4 Å². The van der Waals surface area contributed by atoms with Gasteiger partial charge in [0.25, 0.3) is 0 Å². The third-order valence-electron chi connectivity index (χ3n) is 3.78. The summed E-state index contributed by atoms with van der Waals surface area (Å²) in [7, 11) is 0. The van der Waals surface area contributed by atoms with E-state index in [1.807, 2.05) is 0 Å². The van der Waals surface area contributed by atoms with Crippen molar-refractivity contribution < 1.29 is 0 Å². The molecule has 0 atom stereocenters. The molecule has 0 aromatic rings. The molecule has 0 amide bonds. The number of hydrogen-bond acceptors (Lipinski definition) is 0. The van der Waals surface area contributed by atoms with Crippen LogP contribution in [0.5, 0.6) is 0 Å². The van der Waals surface area contributed by atoms with Crippen LogP contribution in [0, 0.1) is 0 Å². The van der Waals surface area contributed by atoms with E-state index in [1.165, 1.54) is 0 Å². The first-order chi connectivity index (χ1) is 8.25. The van der Waals surface area contributed by atoms with E-state index in [9.17, 15) is 0 Å². The molecular formula is C12H27Br5Si3. The predicted molar refractivity (Wildman–Crippen MR) is 121 cm³/mol. The lowest BCUT2D eigenvalue weighted by atomic mass is 10.2. The second kappa shape index (κ2) is 6.41. The molecule has 20 heavy (non-hydrogen) atoms. The third-order valence-corrected chi connectivity index (χ3v) is 115. The summed E-state index contributed by atoms with van der Waals surface area (Å²) in [6.07, 6.45) is 0. The van der Waals surface area contributed by atoms with E-state index in [-0.39, 0.29) is 15.1 Å². The molecule has 0 unspecified atom stereocenters. The minimum atomic E-state index is -1.92. The Bertz CT molecular complexity index is 335. The molecule has 0 aromatic heterocycles. The molecule has 0 N–H and O–H groups in total. The van der Waals surface area contributed by atoms with E-state index in [0.717, 1.165) is 0 Å². The normalized spacial score (nSPS) is 16.5. The molecule has 0 saturated heterocycles. The van der Waals surface area contributed by atoms with Gasteiger partial charge in [-0.25, -0.2) is 0 Å². The highest BCUT2D eigenvalue weighted by molar-refractivity contribution is 9.64. The maximum Gasteiger partial charge on any atom is 0.208 e. The fourth-order valence-corrected chi connectivity index (χ4v) is 123. The highest BCUT2D eigenvalue weighted by atomic mass is 79.9. The minimum Gasteiger partial charge on any atom is -0.128 e. The van der Waals surface area contributed by atoms with Crippen LogP contribution in [0.4, 0.5) is 0 Å². The van der Waals surface area contributed by atoms with Gasteiger partial charge in [-0.3, -0.25) is 0 Å². The van der Waals surface area contributed by atoms with Crippen LogP contribution in [0.2, 0.25) is 15.1 Å². The highest BCUT2D eigenvalue weighted by Crippen LogP contribution is 2.68. The topological polar surface area (TPSA) is 0 Å². The molecule has 8 heteroatoms. The van der Waals surface area contributed by atoms with E-state index in [0.29, 0.717) is 0 Å². The molecule has 0 aliphatic heterocycles. The summed E-state index contributed by atoms with van der Waals surface area (Å²) in [5.41, 5.74) is -1.92. The summed E-state index contributed by atoms with van der Waals surface area (Å²) in [5.74, 6) is 0. The predicted octanol–water partition coefficient (Wildman–Crippen LogP) is 8.35. The van der Waals surface area contributed by atoms with Gasteiger partial charge in [-0.05, 0) is 15.1 Å². The number of halogens is 5. The SMILES string of the molecule is CC(C)(C)[Si](Br)(Br)[Si](Br)(C(C)(C)C)[Si](Br)(Br)C(C)(C)C. The molecule has 0 aliphatic carbocycles. The fraction of sp³-hybridized carbons (Fsp3) is 1.00. The van der Waals surface area contributed by atoms with Crippen LogP contribution in [0.3, 0.4) is 0 Å². The lowest BCUT2D eigenvalue weighted by molar-refractivity contribution is 0.721. The van der Waals surface area contributed by atoms with Crippen LogP contribution in [-0.4, -0.2) is 15.4 Å². The highest BCUT2D eigenvalue weighted by Gasteiger charge is 2.74. The molecule has 122 valence electrons. The Morgan fingerprint density at radius 2 is 0.650 bits per heavy atom. The van der Waals surface area contributed by atoms with Gasteiger partial charge in [0.05, 0.1) is 0 Å². The second-order valence-electron chi connectivity index (χ2n) is 8.56. The zero-order valence-electron chi connectivity index (χ0n) is 13.9. The Hall–Kier alpha value is 3.05. The quantitative estimate of drug-likeness (QED) is 0.207. The van der Waals surface area contributed by atoms with E-state index < -0.39 is 15.4 Å². The summed E-state index contributed by atoms with van der Waals surface area (Å²) in [6.45, 7) is 21.3. The first kappa shape index (κ1) is 23.1. The van der Waals surface area contributed by atoms with Crippen molar-refractivity contribution in [1.82, 2.24) is 0 Å². The van der Waals surface area contributed by atoms with Crippen molar-refractivity contribution in [2.24, 2.45) is 0 Å². The molecule has 0 aliphatic rings. The van der Waals surface area contributed by atoms with Crippen LogP contribution < -0.4 is 0 Å². The van der Waals surface area contributed by atoms with Crippen LogP contribution >= 0.6 is 76.5 Å². The molecule has 0 nitrogen and oxygen atoms in total. The second-order valence-corrected chi connectivity index (χ2v) is 64.6. The van der Waals surface area contributed by atoms with Gasteiger partial charge >= 0.3 is 0 Å². The molecule has 0 heterocycles. The average Bonchev–Trinajstić information content (AvgIpc) is 2.10. The van der Waals surface area contributed by atoms with Gasteiger partial charge in [0, 0.05) is 0 Å².